The summed E-state index contributed by atoms with van der Waals surface area (Å²) in [5.74, 6) is -0.559. The minimum atomic E-state index is -0.593. The van der Waals surface area contributed by atoms with Gasteiger partial charge in [0.15, 0.2) is 5.82 Å². The Hall–Kier alpha value is -2.50. The van der Waals surface area contributed by atoms with Crippen LogP contribution in [0.1, 0.15) is 11.1 Å². The standard InChI is InChI=1S/C14H12FN3O2/c15-13-7-12(18(19)20)1-2-14(13)17-6-4-10-8-16-5-3-11(10)9-17/h1-3,5,7-8H,4,6,9H2. The molecule has 0 aliphatic carbocycles. The van der Waals surface area contributed by atoms with Crippen molar-refractivity contribution < 1.29 is 9.31 Å². The molecule has 2 aromatic rings. The minimum absolute atomic E-state index is 0.229. The Bertz CT molecular complexity index is 675. The van der Waals surface area contributed by atoms with Gasteiger partial charge < -0.3 is 4.90 Å². The number of nitro benzene ring substituents is 1. The van der Waals surface area contributed by atoms with Gasteiger partial charge in [-0.25, -0.2) is 4.39 Å². The maximum Gasteiger partial charge on any atom is 0.272 e. The Morgan fingerprint density at radius 1 is 1.30 bits per heavy atom. The van der Waals surface area contributed by atoms with Gasteiger partial charge in [-0.1, -0.05) is 0 Å². The lowest BCUT2D eigenvalue weighted by Gasteiger charge is -2.30. The number of fused-ring (bicyclic) bond motifs is 1. The fourth-order valence-corrected chi connectivity index (χ4v) is 2.45. The highest BCUT2D eigenvalue weighted by atomic mass is 19.1. The number of hydrogen-bond acceptors (Lipinski definition) is 4. The summed E-state index contributed by atoms with van der Waals surface area (Å²) in [6, 6.07) is 5.70. The first-order valence-corrected chi connectivity index (χ1v) is 6.26. The van der Waals surface area contributed by atoms with Gasteiger partial charge in [-0.05, 0) is 29.7 Å². The zero-order chi connectivity index (χ0) is 14.1. The molecule has 1 aromatic carbocycles. The molecule has 0 saturated carbocycles. The molecule has 0 fully saturated rings. The highest BCUT2D eigenvalue weighted by Gasteiger charge is 2.20. The summed E-state index contributed by atoms with van der Waals surface area (Å²) >= 11 is 0. The van der Waals surface area contributed by atoms with Gasteiger partial charge in [0.2, 0.25) is 0 Å². The Kier molecular flexibility index (Phi) is 3.06. The molecule has 3 rings (SSSR count). The van der Waals surface area contributed by atoms with E-state index in [1.54, 1.807) is 6.20 Å². The van der Waals surface area contributed by atoms with Gasteiger partial charge in [0, 0.05) is 31.5 Å². The topological polar surface area (TPSA) is 59.3 Å². The first kappa shape index (κ1) is 12.5. The number of non-ortho nitro benzene ring substituents is 1. The minimum Gasteiger partial charge on any atom is -0.364 e. The Labute approximate surface area is 114 Å². The van der Waals surface area contributed by atoms with Gasteiger partial charge in [0.05, 0.1) is 16.7 Å². The summed E-state index contributed by atoms with van der Waals surface area (Å²) in [5.41, 5.74) is 2.46. The molecule has 0 atom stereocenters. The van der Waals surface area contributed by atoms with Gasteiger partial charge in [-0.3, -0.25) is 15.1 Å². The highest BCUT2D eigenvalue weighted by Crippen LogP contribution is 2.28. The van der Waals surface area contributed by atoms with E-state index in [9.17, 15) is 14.5 Å². The number of anilines is 1. The summed E-state index contributed by atoms with van der Waals surface area (Å²) in [6.07, 6.45) is 4.34. The maximum absolute atomic E-state index is 14.0. The summed E-state index contributed by atoms with van der Waals surface area (Å²) in [7, 11) is 0. The molecule has 6 heteroatoms. The van der Waals surface area contributed by atoms with Crippen molar-refractivity contribution in [2.75, 3.05) is 11.4 Å². The van der Waals surface area contributed by atoms with E-state index in [0.29, 0.717) is 18.8 Å². The van der Waals surface area contributed by atoms with Crippen LogP contribution >= 0.6 is 0 Å². The van der Waals surface area contributed by atoms with Gasteiger partial charge in [0.25, 0.3) is 5.69 Å². The van der Waals surface area contributed by atoms with E-state index in [1.165, 1.54) is 17.7 Å². The summed E-state index contributed by atoms with van der Waals surface area (Å²) < 4.78 is 14.0. The zero-order valence-corrected chi connectivity index (χ0v) is 10.6. The van der Waals surface area contributed by atoms with Crippen LogP contribution in [0, 0.1) is 15.9 Å². The van der Waals surface area contributed by atoms with Gasteiger partial charge in [-0.2, -0.15) is 0 Å². The SMILES string of the molecule is O=[N+]([O-])c1ccc(N2CCc3cnccc3C2)c(F)c1. The largest absolute Gasteiger partial charge is 0.364 e. The fraction of sp³-hybridized carbons (Fsp3) is 0.214. The third kappa shape index (κ3) is 2.20. The second-order valence-electron chi connectivity index (χ2n) is 4.71. The van der Waals surface area contributed by atoms with Crippen molar-refractivity contribution in [1.29, 1.82) is 0 Å². The van der Waals surface area contributed by atoms with Crippen LogP contribution in [-0.2, 0) is 13.0 Å². The number of halogens is 1. The van der Waals surface area contributed by atoms with E-state index in [-0.39, 0.29) is 5.69 Å². The van der Waals surface area contributed by atoms with E-state index in [0.717, 1.165) is 18.1 Å². The molecule has 102 valence electrons. The molecule has 0 unspecified atom stereocenters. The zero-order valence-electron chi connectivity index (χ0n) is 10.6. The molecule has 2 heterocycles. The van der Waals surface area contributed by atoms with Crippen LogP contribution in [0.5, 0.6) is 0 Å². The fourth-order valence-electron chi connectivity index (χ4n) is 2.45. The second kappa shape index (κ2) is 4.88. The van der Waals surface area contributed by atoms with Crippen molar-refractivity contribution in [2.24, 2.45) is 0 Å². The molecular formula is C14H12FN3O2. The van der Waals surface area contributed by atoms with Crippen LogP contribution in [0.15, 0.2) is 36.7 Å². The van der Waals surface area contributed by atoms with Crippen LogP contribution in [0.4, 0.5) is 15.8 Å². The molecule has 0 bridgehead atoms. The molecule has 0 spiro atoms. The average molecular weight is 273 g/mol. The molecular weight excluding hydrogens is 261 g/mol. The highest BCUT2D eigenvalue weighted by molar-refractivity contribution is 5.54. The smallest absolute Gasteiger partial charge is 0.272 e. The lowest BCUT2D eigenvalue weighted by molar-refractivity contribution is -0.385. The molecule has 0 saturated heterocycles. The molecule has 20 heavy (non-hydrogen) atoms. The lowest BCUT2D eigenvalue weighted by atomic mass is 10.0. The maximum atomic E-state index is 14.0. The third-order valence-electron chi connectivity index (χ3n) is 3.50. The summed E-state index contributed by atoms with van der Waals surface area (Å²) in [6.45, 7) is 1.26. The number of nitro groups is 1. The van der Waals surface area contributed by atoms with Crippen molar-refractivity contribution in [1.82, 2.24) is 4.98 Å². The summed E-state index contributed by atoms with van der Waals surface area (Å²) in [5, 5.41) is 10.6. The van der Waals surface area contributed by atoms with Crippen molar-refractivity contribution in [3.63, 3.8) is 0 Å². The number of pyridine rings is 1. The monoisotopic (exact) mass is 273 g/mol. The molecule has 1 aromatic heterocycles. The van der Waals surface area contributed by atoms with Gasteiger partial charge in [0.1, 0.15) is 0 Å². The molecule has 1 aliphatic rings. The van der Waals surface area contributed by atoms with Crippen LogP contribution in [0.2, 0.25) is 0 Å². The van der Waals surface area contributed by atoms with E-state index in [4.69, 9.17) is 0 Å². The van der Waals surface area contributed by atoms with E-state index in [1.807, 2.05) is 17.2 Å². The van der Waals surface area contributed by atoms with Crippen LogP contribution in [-0.4, -0.2) is 16.5 Å². The summed E-state index contributed by atoms with van der Waals surface area (Å²) in [4.78, 5) is 16.0. The Morgan fingerprint density at radius 2 is 2.15 bits per heavy atom. The molecule has 5 nitrogen and oxygen atoms in total. The molecule has 0 radical (unpaired) electrons. The molecule has 0 amide bonds. The first-order chi connectivity index (χ1) is 9.65. The lowest BCUT2D eigenvalue weighted by Crippen LogP contribution is -2.31. The Morgan fingerprint density at radius 3 is 2.90 bits per heavy atom. The predicted octanol–water partition coefficient (Wildman–Crippen LogP) is 2.69. The molecule has 0 N–H and O–H groups in total. The van der Waals surface area contributed by atoms with Crippen LogP contribution in [0.25, 0.3) is 0 Å². The second-order valence-corrected chi connectivity index (χ2v) is 4.71. The molecule has 1 aliphatic heterocycles. The van der Waals surface area contributed by atoms with E-state index in [2.05, 4.69) is 4.98 Å². The van der Waals surface area contributed by atoms with Crippen LogP contribution in [0.3, 0.4) is 0 Å². The van der Waals surface area contributed by atoms with E-state index >= 15 is 0 Å². The van der Waals surface area contributed by atoms with E-state index < -0.39 is 10.7 Å². The average Bonchev–Trinajstić information content (AvgIpc) is 2.46. The Balaban J connectivity index is 1.90. The van der Waals surface area contributed by atoms with Crippen molar-refractivity contribution in [2.45, 2.75) is 13.0 Å². The van der Waals surface area contributed by atoms with Crippen molar-refractivity contribution in [3.05, 3.63) is 63.7 Å². The number of nitrogens with zero attached hydrogens (tertiary/aromatic N) is 3. The first-order valence-electron chi connectivity index (χ1n) is 6.26. The third-order valence-corrected chi connectivity index (χ3v) is 3.50. The van der Waals surface area contributed by atoms with Crippen molar-refractivity contribution >= 4 is 11.4 Å². The number of benzene rings is 1. The number of hydrogen-bond donors (Lipinski definition) is 0. The van der Waals surface area contributed by atoms with Gasteiger partial charge in [-0.15, -0.1) is 0 Å². The quantitative estimate of drug-likeness (QED) is 0.623. The van der Waals surface area contributed by atoms with Crippen molar-refractivity contribution in [3.8, 4) is 0 Å². The number of rotatable bonds is 2. The van der Waals surface area contributed by atoms with Crippen LogP contribution < -0.4 is 4.90 Å². The van der Waals surface area contributed by atoms with Gasteiger partial charge >= 0.3 is 0 Å². The number of aromatic nitrogens is 1. The predicted molar refractivity (Wildman–Crippen MR) is 72.0 cm³/mol. The normalized spacial score (nSPS) is 13.9.